The van der Waals surface area contributed by atoms with Gasteiger partial charge in [-0.1, -0.05) is 0 Å². The first-order valence-electron chi connectivity index (χ1n) is 3.31. The second-order valence-electron chi connectivity index (χ2n) is 2.60. The molecule has 3 N–H and O–H groups in total. The molecule has 0 bridgehead atoms. The van der Waals surface area contributed by atoms with E-state index in [0.717, 1.165) is 0 Å². The first kappa shape index (κ1) is 10.1. The highest BCUT2D eigenvalue weighted by molar-refractivity contribution is 7.85. The number of hydrogen-bond acceptors (Lipinski definition) is 3. The molecule has 0 saturated heterocycles. The van der Waals surface area contributed by atoms with Crippen molar-refractivity contribution in [2.75, 3.05) is 11.5 Å². The van der Waals surface area contributed by atoms with Gasteiger partial charge in [0.05, 0.1) is 6.10 Å². The van der Waals surface area contributed by atoms with Crippen LogP contribution < -0.4 is 5.73 Å². The summed E-state index contributed by atoms with van der Waals surface area (Å²) in [5.41, 5.74) is 5.39. The van der Waals surface area contributed by atoms with Crippen LogP contribution in [-0.4, -0.2) is 33.0 Å². The lowest BCUT2D eigenvalue weighted by molar-refractivity contribution is 0.219. The average Bonchev–Trinajstić information content (AvgIpc) is 1.58. The summed E-state index contributed by atoms with van der Waals surface area (Å²) in [6.07, 6.45) is -0.486. The van der Waals surface area contributed by atoms with E-state index < -0.39 is 16.9 Å². The maximum atomic E-state index is 10.9. The van der Waals surface area contributed by atoms with E-state index in [1.54, 1.807) is 13.8 Å². The predicted octanol–water partition coefficient (Wildman–Crippen LogP) is -0.537. The second-order valence-corrected chi connectivity index (χ2v) is 4.15. The summed E-state index contributed by atoms with van der Waals surface area (Å²) < 4.78 is 10.9. The van der Waals surface area contributed by atoms with Crippen molar-refractivity contribution in [2.24, 2.45) is 5.73 Å². The lowest BCUT2D eigenvalue weighted by Gasteiger charge is -2.06. The van der Waals surface area contributed by atoms with E-state index >= 15 is 0 Å². The minimum absolute atomic E-state index is 0.0421. The fourth-order valence-electron chi connectivity index (χ4n) is 0.630. The first-order valence-corrected chi connectivity index (χ1v) is 4.79. The SMILES string of the molecule is CC(N)CS(=O)CC(C)O. The van der Waals surface area contributed by atoms with Gasteiger partial charge >= 0.3 is 0 Å². The highest BCUT2D eigenvalue weighted by Crippen LogP contribution is 1.90. The van der Waals surface area contributed by atoms with Crippen molar-refractivity contribution in [1.29, 1.82) is 0 Å². The number of hydrogen-bond donors (Lipinski definition) is 2. The highest BCUT2D eigenvalue weighted by Gasteiger charge is 2.05. The third-order valence-corrected chi connectivity index (χ3v) is 2.63. The molecule has 0 aromatic rings. The molecule has 0 fully saturated rings. The molecule has 0 aliphatic heterocycles. The van der Waals surface area contributed by atoms with E-state index in [0.29, 0.717) is 11.5 Å². The zero-order chi connectivity index (χ0) is 8.15. The maximum Gasteiger partial charge on any atom is 0.0627 e. The quantitative estimate of drug-likeness (QED) is 0.588. The molecule has 0 saturated carbocycles. The molecule has 4 heteroatoms. The average molecular weight is 165 g/mol. The van der Waals surface area contributed by atoms with Crippen molar-refractivity contribution in [1.82, 2.24) is 0 Å². The van der Waals surface area contributed by atoms with Crippen LogP contribution in [0.25, 0.3) is 0 Å². The van der Waals surface area contributed by atoms with Gasteiger partial charge in [0.15, 0.2) is 0 Å². The molecule has 3 nitrogen and oxygen atoms in total. The van der Waals surface area contributed by atoms with E-state index in [1.807, 2.05) is 0 Å². The van der Waals surface area contributed by atoms with Crippen LogP contribution in [0.4, 0.5) is 0 Å². The van der Waals surface area contributed by atoms with Gasteiger partial charge in [-0.3, -0.25) is 4.21 Å². The normalized spacial score (nSPS) is 20.0. The molecule has 0 aliphatic rings. The third kappa shape index (κ3) is 6.19. The Hall–Kier alpha value is 0.0700. The maximum absolute atomic E-state index is 10.9. The Labute approximate surface area is 64.1 Å². The molecule has 0 aromatic carbocycles. The predicted molar refractivity (Wildman–Crippen MR) is 43.2 cm³/mol. The van der Waals surface area contributed by atoms with Gasteiger partial charge in [-0.05, 0) is 13.8 Å². The van der Waals surface area contributed by atoms with E-state index in [2.05, 4.69) is 0 Å². The van der Waals surface area contributed by atoms with E-state index in [1.165, 1.54) is 0 Å². The summed E-state index contributed by atoms with van der Waals surface area (Å²) in [5.74, 6) is 0.812. The Morgan fingerprint density at radius 2 is 2.00 bits per heavy atom. The van der Waals surface area contributed by atoms with Crippen molar-refractivity contribution in [2.45, 2.75) is 26.0 Å². The second kappa shape index (κ2) is 4.82. The number of aliphatic hydroxyl groups excluding tert-OH is 1. The highest BCUT2D eigenvalue weighted by atomic mass is 32.2. The minimum atomic E-state index is -0.955. The van der Waals surface area contributed by atoms with Crippen LogP contribution in [0.3, 0.4) is 0 Å². The summed E-state index contributed by atoms with van der Waals surface area (Å²) in [5, 5.41) is 8.80. The van der Waals surface area contributed by atoms with Crippen molar-refractivity contribution < 1.29 is 9.32 Å². The van der Waals surface area contributed by atoms with Crippen LogP contribution in [0, 0.1) is 0 Å². The van der Waals surface area contributed by atoms with E-state index in [4.69, 9.17) is 10.8 Å². The molecule has 0 heterocycles. The molecule has 3 atom stereocenters. The van der Waals surface area contributed by atoms with Gasteiger partial charge in [0, 0.05) is 28.3 Å². The standard InChI is InChI=1S/C6H15NO2S/c1-5(7)3-10(9)4-6(2)8/h5-6,8H,3-4,7H2,1-2H3. The van der Waals surface area contributed by atoms with Gasteiger partial charge < -0.3 is 10.8 Å². The van der Waals surface area contributed by atoms with E-state index in [9.17, 15) is 4.21 Å². The minimum Gasteiger partial charge on any atom is -0.392 e. The molecule has 0 radical (unpaired) electrons. The smallest absolute Gasteiger partial charge is 0.0627 e. The third-order valence-electron chi connectivity index (χ3n) is 0.876. The fourth-order valence-corrected chi connectivity index (χ4v) is 1.89. The summed E-state index contributed by atoms with van der Waals surface area (Å²) in [4.78, 5) is 0. The van der Waals surface area contributed by atoms with Gasteiger partial charge in [0.1, 0.15) is 0 Å². The Bertz CT molecular complexity index is 102. The van der Waals surface area contributed by atoms with Crippen molar-refractivity contribution in [3.8, 4) is 0 Å². The van der Waals surface area contributed by atoms with Crippen LogP contribution in [-0.2, 0) is 10.8 Å². The Kier molecular flexibility index (Phi) is 4.85. The van der Waals surface area contributed by atoms with Gasteiger partial charge in [0.25, 0.3) is 0 Å². The largest absolute Gasteiger partial charge is 0.392 e. The molecule has 10 heavy (non-hydrogen) atoms. The zero-order valence-electron chi connectivity index (χ0n) is 6.41. The molecule has 3 unspecified atom stereocenters. The lowest BCUT2D eigenvalue weighted by atomic mass is 10.4. The summed E-state index contributed by atoms with van der Waals surface area (Å²) in [6.45, 7) is 3.43. The Morgan fingerprint density at radius 1 is 1.50 bits per heavy atom. The van der Waals surface area contributed by atoms with Crippen LogP contribution in [0.5, 0.6) is 0 Å². The summed E-state index contributed by atoms with van der Waals surface area (Å²) >= 11 is 0. The van der Waals surface area contributed by atoms with Gasteiger partial charge in [0.2, 0.25) is 0 Å². The van der Waals surface area contributed by atoms with Crippen molar-refractivity contribution in [3.63, 3.8) is 0 Å². The molecular weight excluding hydrogens is 150 g/mol. The number of aliphatic hydroxyl groups is 1. The Balaban J connectivity index is 3.44. The zero-order valence-corrected chi connectivity index (χ0v) is 7.23. The summed E-state index contributed by atoms with van der Waals surface area (Å²) in [7, 11) is -0.955. The number of rotatable bonds is 4. The molecular formula is C6H15NO2S. The van der Waals surface area contributed by atoms with Crippen LogP contribution in [0.2, 0.25) is 0 Å². The molecule has 0 rings (SSSR count). The van der Waals surface area contributed by atoms with E-state index in [-0.39, 0.29) is 6.04 Å². The lowest BCUT2D eigenvalue weighted by Crippen LogP contribution is -2.26. The topological polar surface area (TPSA) is 63.3 Å². The molecule has 0 amide bonds. The van der Waals surface area contributed by atoms with Crippen LogP contribution in [0.1, 0.15) is 13.8 Å². The van der Waals surface area contributed by atoms with Gasteiger partial charge in [-0.2, -0.15) is 0 Å². The fraction of sp³-hybridized carbons (Fsp3) is 1.00. The van der Waals surface area contributed by atoms with Gasteiger partial charge in [-0.25, -0.2) is 0 Å². The first-order chi connectivity index (χ1) is 4.52. The Morgan fingerprint density at radius 3 is 2.30 bits per heavy atom. The molecule has 0 aromatic heterocycles. The van der Waals surface area contributed by atoms with Crippen molar-refractivity contribution >= 4 is 10.8 Å². The van der Waals surface area contributed by atoms with Gasteiger partial charge in [-0.15, -0.1) is 0 Å². The number of nitrogens with two attached hydrogens (primary N) is 1. The monoisotopic (exact) mass is 165 g/mol. The molecule has 0 aliphatic carbocycles. The van der Waals surface area contributed by atoms with Crippen LogP contribution in [0.15, 0.2) is 0 Å². The summed E-state index contributed by atoms with van der Waals surface area (Å²) in [6, 6.07) is -0.0421. The molecule has 62 valence electrons. The van der Waals surface area contributed by atoms with Crippen LogP contribution >= 0.6 is 0 Å². The molecule has 0 spiro atoms. The van der Waals surface area contributed by atoms with Crippen molar-refractivity contribution in [3.05, 3.63) is 0 Å².